The fourth-order valence-electron chi connectivity index (χ4n) is 1.78. The number of guanidine groups is 1. The molecule has 0 saturated heterocycles. The van der Waals surface area contributed by atoms with E-state index in [1.807, 2.05) is 20.8 Å². The second-order valence-electron chi connectivity index (χ2n) is 5.33. The molecule has 2 heterocycles. The summed E-state index contributed by atoms with van der Waals surface area (Å²) in [6.07, 6.45) is 0. The topological polar surface area (TPSA) is 74.1 Å². The van der Waals surface area contributed by atoms with Crippen LogP contribution in [0.4, 0.5) is 0 Å². The maximum Gasteiger partial charge on any atom is 0.295 e. The van der Waals surface area contributed by atoms with E-state index >= 15 is 0 Å². The van der Waals surface area contributed by atoms with Crippen LogP contribution in [0.5, 0.6) is 0 Å². The van der Waals surface area contributed by atoms with Crippen molar-refractivity contribution < 1.29 is 8.42 Å². The molecule has 1 aromatic heterocycles. The number of hydrazone groups is 1. The summed E-state index contributed by atoms with van der Waals surface area (Å²) in [4.78, 5) is 0. The highest BCUT2D eigenvalue weighted by Crippen LogP contribution is 2.29. The number of nitrogens with zero attached hydrogens (tertiary/aromatic N) is 3. The van der Waals surface area contributed by atoms with Gasteiger partial charge in [-0.25, -0.2) is 5.01 Å². The minimum atomic E-state index is -3.79. The zero-order valence-corrected chi connectivity index (χ0v) is 14.6. The molecule has 1 N–H and O–H groups in total. The monoisotopic (exact) mass is 348 g/mol. The van der Waals surface area contributed by atoms with Crippen molar-refractivity contribution in [2.24, 2.45) is 14.9 Å². The van der Waals surface area contributed by atoms with Crippen molar-refractivity contribution in [3.8, 4) is 0 Å². The van der Waals surface area contributed by atoms with Crippen LogP contribution < -0.4 is 5.32 Å². The molecular formula is C12H17ClN4O2S2. The third-order valence-corrected chi connectivity index (χ3v) is 6.24. The van der Waals surface area contributed by atoms with Gasteiger partial charge in [0, 0.05) is 18.2 Å². The van der Waals surface area contributed by atoms with E-state index in [2.05, 4.69) is 14.8 Å². The highest BCUT2D eigenvalue weighted by Gasteiger charge is 2.33. The van der Waals surface area contributed by atoms with Gasteiger partial charge in [0.05, 0.1) is 10.9 Å². The second-order valence-corrected chi connectivity index (χ2v) is 8.87. The maximum absolute atomic E-state index is 12.3. The summed E-state index contributed by atoms with van der Waals surface area (Å²) < 4.78 is 28.9. The van der Waals surface area contributed by atoms with Crippen LogP contribution in [0, 0.1) is 5.41 Å². The fraction of sp³-hybridized carbons (Fsp3) is 0.500. The molecule has 0 aromatic carbocycles. The van der Waals surface area contributed by atoms with Gasteiger partial charge < -0.3 is 5.32 Å². The van der Waals surface area contributed by atoms with E-state index in [4.69, 9.17) is 11.6 Å². The molecule has 0 amide bonds. The van der Waals surface area contributed by atoms with Crippen LogP contribution in [0.15, 0.2) is 25.8 Å². The number of nitrogens with one attached hydrogen (secondary N) is 1. The van der Waals surface area contributed by atoms with Gasteiger partial charge in [-0.3, -0.25) is 0 Å². The average molecular weight is 349 g/mol. The quantitative estimate of drug-likeness (QED) is 0.657. The molecule has 116 valence electrons. The smallest absolute Gasteiger partial charge is 0.295 e. The molecule has 0 saturated carbocycles. The van der Waals surface area contributed by atoms with Gasteiger partial charge in [-0.1, -0.05) is 25.4 Å². The summed E-state index contributed by atoms with van der Waals surface area (Å²) in [6.45, 7) is 6.58. The van der Waals surface area contributed by atoms with Crippen LogP contribution in [0.2, 0.25) is 4.34 Å². The largest absolute Gasteiger partial charge is 0.357 e. The number of sulfonamides is 1. The molecule has 2 rings (SSSR count). The lowest BCUT2D eigenvalue weighted by Crippen LogP contribution is -2.38. The lowest BCUT2D eigenvalue weighted by molar-refractivity contribution is 0.376. The van der Waals surface area contributed by atoms with Crippen LogP contribution in [-0.2, 0) is 10.0 Å². The van der Waals surface area contributed by atoms with Gasteiger partial charge in [0.1, 0.15) is 4.21 Å². The number of hydrogen-bond donors (Lipinski definition) is 1. The first kappa shape index (κ1) is 16.3. The molecule has 0 atom stereocenters. The summed E-state index contributed by atoms with van der Waals surface area (Å²) in [7, 11) is -2.18. The van der Waals surface area contributed by atoms with Crippen molar-refractivity contribution in [2.45, 2.75) is 25.0 Å². The zero-order chi connectivity index (χ0) is 15.8. The highest BCUT2D eigenvalue weighted by atomic mass is 35.5. The van der Waals surface area contributed by atoms with Crippen molar-refractivity contribution in [1.82, 2.24) is 10.3 Å². The van der Waals surface area contributed by atoms with Crippen molar-refractivity contribution in [3.05, 3.63) is 16.5 Å². The molecule has 0 unspecified atom stereocenters. The third kappa shape index (κ3) is 3.38. The fourth-order valence-corrected chi connectivity index (χ4v) is 4.24. The van der Waals surface area contributed by atoms with Gasteiger partial charge in [0.15, 0.2) is 0 Å². The number of thiophene rings is 1. The molecule has 6 nitrogen and oxygen atoms in total. The number of halogens is 1. The Balaban J connectivity index is 2.34. The number of rotatable bonds is 2. The van der Waals surface area contributed by atoms with Crippen molar-refractivity contribution in [1.29, 1.82) is 0 Å². The molecule has 0 bridgehead atoms. The molecule has 0 spiro atoms. The molecule has 0 radical (unpaired) electrons. The van der Waals surface area contributed by atoms with Gasteiger partial charge in [0.25, 0.3) is 10.0 Å². The molecule has 0 fully saturated rings. The molecule has 21 heavy (non-hydrogen) atoms. The SMILES string of the molecule is CN/C(=N\S(=O)(=O)c1ccc(Cl)s1)N1CC(C)(C)C(C)=N1. The maximum atomic E-state index is 12.3. The van der Waals surface area contributed by atoms with Crippen LogP contribution in [0.25, 0.3) is 0 Å². The number of hydrogen-bond acceptors (Lipinski definition) is 4. The Morgan fingerprint density at radius 3 is 2.62 bits per heavy atom. The average Bonchev–Trinajstić information content (AvgIpc) is 2.92. The first-order valence-corrected chi connectivity index (χ1v) is 8.90. The third-order valence-electron chi connectivity index (χ3n) is 3.27. The molecule has 0 aliphatic carbocycles. The predicted octanol–water partition coefficient (Wildman–Crippen LogP) is 2.38. The Bertz CT molecular complexity index is 707. The Labute approximate surface area is 133 Å². The Morgan fingerprint density at radius 1 is 1.52 bits per heavy atom. The van der Waals surface area contributed by atoms with E-state index in [9.17, 15) is 8.42 Å². The van der Waals surface area contributed by atoms with Crippen LogP contribution in [0.1, 0.15) is 20.8 Å². The second kappa shape index (κ2) is 5.58. The highest BCUT2D eigenvalue weighted by molar-refractivity contribution is 7.92. The minimum Gasteiger partial charge on any atom is -0.357 e. The van der Waals surface area contributed by atoms with Crippen LogP contribution in [0.3, 0.4) is 0 Å². The van der Waals surface area contributed by atoms with Gasteiger partial charge in [0.2, 0.25) is 5.96 Å². The molecule has 9 heteroatoms. The van der Waals surface area contributed by atoms with E-state index in [1.165, 1.54) is 12.1 Å². The normalized spacial score (nSPS) is 18.8. The summed E-state index contributed by atoms with van der Waals surface area (Å²) in [5.41, 5.74) is 0.815. The molecular weight excluding hydrogens is 332 g/mol. The van der Waals surface area contributed by atoms with E-state index in [1.54, 1.807) is 12.1 Å². The Hall–Kier alpha value is -1.12. The van der Waals surface area contributed by atoms with Crippen molar-refractivity contribution >= 4 is 44.6 Å². The van der Waals surface area contributed by atoms with Crippen LogP contribution in [-0.4, -0.2) is 38.7 Å². The van der Waals surface area contributed by atoms with E-state index in [0.717, 1.165) is 17.0 Å². The van der Waals surface area contributed by atoms with Gasteiger partial charge >= 0.3 is 0 Å². The van der Waals surface area contributed by atoms with Gasteiger partial charge in [-0.05, 0) is 19.1 Å². The van der Waals surface area contributed by atoms with E-state index in [0.29, 0.717) is 10.9 Å². The van der Waals surface area contributed by atoms with Crippen molar-refractivity contribution in [2.75, 3.05) is 13.6 Å². The minimum absolute atomic E-state index is 0.111. The molecule has 1 aliphatic heterocycles. The standard InChI is InChI=1S/C12H17ClN4O2S2/c1-8-12(2,3)7-17(15-8)11(14-4)16-21(18,19)10-6-5-9(13)20-10/h5-6H,7H2,1-4H3,(H,14,16). The molecule has 1 aromatic rings. The summed E-state index contributed by atoms with van der Waals surface area (Å²) in [5, 5.41) is 8.73. The van der Waals surface area contributed by atoms with E-state index in [-0.39, 0.29) is 15.6 Å². The summed E-state index contributed by atoms with van der Waals surface area (Å²) in [6, 6.07) is 2.98. The Morgan fingerprint density at radius 2 is 2.19 bits per heavy atom. The Kier molecular flexibility index (Phi) is 4.32. The summed E-state index contributed by atoms with van der Waals surface area (Å²) >= 11 is 6.76. The first-order chi connectivity index (χ1) is 9.65. The van der Waals surface area contributed by atoms with Crippen LogP contribution >= 0.6 is 22.9 Å². The first-order valence-electron chi connectivity index (χ1n) is 6.27. The predicted molar refractivity (Wildman–Crippen MR) is 86.6 cm³/mol. The summed E-state index contributed by atoms with van der Waals surface area (Å²) in [5.74, 6) is 0.199. The van der Waals surface area contributed by atoms with E-state index < -0.39 is 10.0 Å². The van der Waals surface area contributed by atoms with Crippen molar-refractivity contribution in [3.63, 3.8) is 0 Å². The van der Waals surface area contributed by atoms with Gasteiger partial charge in [-0.15, -0.1) is 15.7 Å². The molecule has 1 aliphatic rings. The zero-order valence-electron chi connectivity index (χ0n) is 12.2. The lowest BCUT2D eigenvalue weighted by atomic mass is 9.89. The van der Waals surface area contributed by atoms with Gasteiger partial charge in [-0.2, -0.15) is 13.5 Å². The lowest BCUT2D eigenvalue weighted by Gasteiger charge is -2.20.